The van der Waals surface area contributed by atoms with Gasteiger partial charge in [0, 0.05) is 5.33 Å². The van der Waals surface area contributed by atoms with Crippen molar-refractivity contribution in [2.45, 2.75) is 25.0 Å². The van der Waals surface area contributed by atoms with Gasteiger partial charge < -0.3 is 0 Å². The van der Waals surface area contributed by atoms with Crippen molar-refractivity contribution in [3.8, 4) is 0 Å². The molecule has 2 atom stereocenters. The van der Waals surface area contributed by atoms with E-state index >= 15 is 0 Å². The molecule has 0 N–H and O–H groups in total. The smallest absolute Gasteiger partial charge is 0.242 e. The summed E-state index contributed by atoms with van der Waals surface area (Å²) in [4.78, 5) is 0. The van der Waals surface area contributed by atoms with E-state index in [2.05, 4.69) is 15.9 Å². The van der Waals surface area contributed by atoms with E-state index in [0.29, 0.717) is 11.8 Å². The average molecular weight is 321 g/mol. The van der Waals surface area contributed by atoms with E-state index in [4.69, 9.17) is 8.37 Å². The molecule has 0 unspecified atom stereocenters. The molecule has 0 spiro atoms. The molecule has 1 aromatic rings. The van der Waals surface area contributed by atoms with Gasteiger partial charge in [0.25, 0.3) is 0 Å². The highest BCUT2D eigenvalue weighted by molar-refractivity contribution is 9.09. The van der Waals surface area contributed by atoms with Crippen LogP contribution < -0.4 is 0 Å². The second-order valence-corrected chi connectivity index (χ2v) is 5.71. The van der Waals surface area contributed by atoms with Crippen LogP contribution in [0, 0.1) is 0 Å². The molecular weight excluding hydrogens is 308 g/mol. The topological polar surface area (TPSA) is 52.6 Å². The van der Waals surface area contributed by atoms with Gasteiger partial charge in [-0.25, -0.2) is 8.37 Å². The van der Waals surface area contributed by atoms with E-state index in [-0.39, 0.29) is 0 Å². The zero-order chi connectivity index (χ0) is 12.3. The van der Waals surface area contributed by atoms with Gasteiger partial charge in [-0.15, -0.1) is 0 Å². The Kier molecular flexibility index (Phi) is 4.19. The molecule has 17 heavy (non-hydrogen) atoms. The number of alkyl halides is 1. The van der Waals surface area contributed by atoms with Crippen molar-refractivity contribution >= 4 is 26.3 Å². The summed E-state index contributed by atoms with van der Waals surface area (Å²) in [7, 11) is -3.79. The van der Waals surface area contributed by atoms with Crippen LogP contribution in [0.5, 0.6) is 0 Å². The molecule has 6 heteroatoms. The first-order chi connectivity index (χ1) is 8.11. The number of benzene rings is 1. The van der Waals surface area contributed by atoms with Gasteiger partial charge in [-0.3, -0.25) is 0 Å². The van der Waals surface area contributed by atoms with Crippen LogP contribution in [0.4, 0.5) is 0 Å². The molecule has 0 aliphatic carbocycles. The minimum atomic E-state index is -3.79. The van der Waals surface area contributed by atoms with Gasteiger partial charge in [-0.05, 0) is 18.4 Å². The Balaban J connectivity index is 1.95. The molecule has 4 nitrogen and oxygen atoms in total. The fourth-order valence-electron chi connectivity index (χ4n) is 1.76. The maximum absolute atomic E-state index is 11.2. The van der Waals surface area contributed by atoms with E-state index < -0.39 is 22.6 Å². The number of hydrogen-bond acceptors (Lipinski definition) is 4. The van der Waals surface area contributed by atoms with E-state index in [0.717, 1.165) is 12.0 Å². The van der Waals surface area contributed by atoms with Crippen molar-refractivity contribution in [2.75, 3.05) is 5.33 Å². The largest absolute Gasteiger partial charge is 0.400 e. The molecule has 1 saturated heterocycles. The third-order valence-corrected chi connectivity index (χ3v) is 4.21. The van der Waals surface area contributed by atoms with Crippen molar-refractivity contribution in [3.63, 3.8) is 0 Å². The van der Waals surface area contributed by atoms with Crippen molar-refractivity contribution in [2.24, 2.45) is 0 Å². The van der Waals surface area contributed by atoms with E-state index in [1.54, 1.807) is 0 Å². The van der Waals surface area contributed by atoms with Gasteiger partial charge in [0.05, 0.1) is 0 Å². The highest BCUT2D eigenvalue weighted by atomic mass is 79.9. The first-order valence-electron chi connectivity index (χ1n) is 5.32. The van der Waals surface area contributed by atoms with Gasteiger partial charge in [0.15, 0.2) is 0 Å². The molecule has 0 saturated carbocycles. The fraction of sp³-hybridized carbons (Fsp3) is 0.455. The third-order valence-electron chi connectivity index (χ3n) is 2.61. The summed E-state index contributed by atoms with van der Waals surface area (Å²) in [5.41, 5.74) is 1.16. The van der Waals surface area contributed by atoms with Crippen LogP contribution in [0.25, 0.3) is 0 Å². The SMILES string of the molecule is O=S1(=O)O[C@@H](CBr)[C@H](CCc2ccccc2)O1. The molecule has 1 aromatic carbocycles. The summed E-state index contributed by atoms with van der Waals surface area (Å²) in [6.07, 6.45) is 0.566. The lowest BCUT2D eigenvalue weighted by Crippen LogP contribution is -2.24. The second-order valence-electron chi connectivity index (χ2n) is 3.86. The van der Waals surface area contributed by atoms with E-state index in [1.165, 1.54) is 0 Å². The molecule has 1 aliphatic heterocycles. The highest BCUT2D eigenvalue weighted by Gasteiger charge is 2.38. The van der Waals surface area contributed by atoms with Crippen LogP contribution >= 0.6 is 15.9 Å². The maximum atomic E-state index is 11.2. The summed E-state index contributed by atoms with van der Waals surface area (Å²) in [5.74, 6) is 0. The van der Waals surface area contributed by atoms with E-state index in [1.807, 2.05) is 30.3 Å². The molecule has 0 amide bonds. The summed E-state index contributed by atoms with van der Waals surface area (Å²) in [5, 5.41) is 0.450. The zero-order valence-electron chi connectivity index (χ0n) is 9.08. The van der Waals surface area contributed by atoms with Gasteiger partial charge in [0.1, 0.15) is 12.2 Å². The van der Waals surface area contributed by atoms with Crippen LogP contribution in [0.2, 0.25) is 0 Å². The predicted molar refractivity (Wildman–Crippen MR) is 67.2 cm³/mol. The minimum Gasteiger partial charge on any atom is -0.242 e. The Hall–Kier alpha value is -0.430. The first-order valence-corrected chi connectivity index (χ1v) is 7.77. The van der Waals surface area contributed by atoms with Crippen molar-refractivity contribution in [1.82, 2.24) is 0 Å². The molecule has 1 aliphatic rings. The van der Waals surface area contributed by atoms with E-state index in [9.17, 15) is 8.42 Å². The molecular formula is C11H13BrO4S. The Morgan fingerprint density at radius 1 is 1.12 bits per heavy atom. The Morgan fingerprint density at radius 3 is 2.41 bits per heavy atom. The maximum Gasteiger partial charge on any atom is 0.400 e. The van der Waals surface area contributed by atoms with Crippen LogP contribution in [0.1, 0.15) is 12.0 Å². The molecule has 94 valence electrons. The summed E-state index contributed by atoms with van der Waals surface area (Å²) in [6.45, 7) is 0. The molecule has 2 rings (SSSR count). The standard InChI is InChI=1S/C11H13BrO4S/c12-8-11-10(15-17(13,14)16-11)7-6-9-4-2-1-3-5-9/h1-5,10-11H,6-8H2/t10-,11-/m0/s1. The molecule has 1 fully saturated rings. The summed E-state index contributed by atoms with van der Waals surface area (Å²) in [6, 6.07) is 9.88. The lowest BCUT2D eigenvalue weighted by Gasteiger charge is -2.11. The second kappa shape index (κ2) is 5.48. The molecule has 0 radical (unpaired) electrons. The normalized spacial score (nSPS) is 27.1. The lowest BCUT2D eigenvalue weighted by atomic mass is 10.0. The average Bonchev–Trinajstić information content (AvgIpc) is 2.63. The fourth-order valence-corrected chi connectivity index (χ4v) is 3.55. The van der Waals surface area contributed by atoms with Crippen LogP contribution in [-0.2, 0) is 25.2 Å². The van der Waals surface area contributed by atoms with Crippen LogP contribution in [0.3, 0.4) is 0 Å². The van der Waals surface area contributed by atoms with Gasteiger partial charge in [-0.1, -0.05) is 46.3 Å². The molecule has 0 bridgehead atoms. The molecule has 0 aromatic heterocycles. The summed E-state index contributed by atoms with van der Waals surface area (Å²) >= 11 is 3.23. The highest BCUT2D eigenvalue weighted by Crippen LogP contribution is 2.25. The lowest BCUT2D eigenvalue weighted by molar-refractivity contribution is 0.166. The van der Waals surface area contributed by atoms with Crippen molar-refractivity contribution in [1.29, 1.82) is 0 Å². The Morgan fingerprint density at radius 2 is 1.76 bits per heavy atom. The van der Waals surface area contributed by atoms with Crippen LogP contribution in [-0.4, -0.2) is 26.0 Å². The minimum absolute atomic E-state index is 0.403. The number of hydrogen-bond donors (Lipinski definition) is 0. The number of rotatable bonds is 4. The van der Waals surface area contributed by atoms with Gasteiger partial charge >= 0.3 is 10.4 Å². The van der Waals surface area contributed by atoms with Crippen molar-refractivity contribution in [3.05, 3.63) is 35.9 Å². The summed E-state index contributed by atoms with van der Waals surface area (Å²) < 4.78 is 32.0. The monoisotopic (exact) mass is 320 g/mol. The predicted octanol–water partition coefficient (Wildman–Crippen LogP) is 2.04. The number of halogens is 1. The number of aryl methyl sites for hydroxylation is 1. The zero-order valence-corrected chi connectivity index (χ0v) is 11.5. The molecule has 1 heterocycles. The Bertz CT molecular complexity index is 460. The Labute approximate surface area is 109 Å². The van der Waals surface area contributed by atoms with Crippen molar-refractivity contribution < 1.29 is 16.8 Å². The first kappa shape index (κ1) is 13.0. The van der Waals surface area contributed by atoms with Crippen LogP contribution in [0.15, 0.2) is 30.3 Å². The van der Waals surface area contributed by atoms with Gasteiger partial charge in [-0.2, -0.15) is 8.42 Å². The third kappa shape index (κ3) is 3.51. The quantitative estimate of drug-likeness (QED) is 0.797. The van der Waals surface area contributed by atoms with Gasteiger partial charge in [0.2, 0.25) is 0 Å².